The Kier molecular flexibility index (Phi) is 7.49. The predicted octanol–water partition coefficient (Wildman–Crippen LogP) is 2.34. The van der Waals surface area contributed by atoms with Crippen molar-refractivity contribution < 1.29 is 14.4 Å². The van der Waals surface area contributed by atoms with Crippen LogP contribution in [0.5, 0.6) is 0 Å². The predicted molar refractivity (Wildman–Crippen MR) is 112 cm³/mol. The molecule has 2 aliphatic heterocycles. The van der Waals surface area contributed by atoms with Gasteiger partial charge >= 0.3 is 6.03 Å². The molecule has 2 fully saturated rings. The number of piperidine rings is 1. The van der Waals surface area contributed by atoms with Gasteiger partial charge in [-0.3, -0.25) is 9.59 Å². The summed E-state index contributed by atoms with van der Waals surface area (Å²) < 4.78 is 0. The zero-order valence-electron chi connectivity index (χ0n) is 17.3. The zero-order valence-corrected chi connectivity index (χ0v) is 17.3. The summed E-state index contributed by atoms with van der Waals surface area (Å²) in [4.78, 5) is 40.0. The van der Waals surface area contributed by atoms with Crippen LogP contribution < -0.4 is 10.6 Å². The van der Waals surface area contributed by atoms with Crippen molar-refractivity contribution in [3.05, 3.63) is 35.4 Å². The topological polar surface area (TPSA) is 81.8 Å². The highest BCUT2D eigenvalue weighted by atomic mass is 16.2. The smallest absolute Gasteiger partial charge is 0.317 e. The molecule has 2 heterocycles. The van der Waals surface area contributed by atoms with Crippen molar-refractivity contribution in [2.45, 2.75) is 44.9 Å². The highest BCUT2D eigenvalue weighted by Crippen LogP contribution is 2.27. The van der Waals surface area contributed by atoms with Crippen LogP contribution in [0.2, 0.25) is 0 Å². The van der Waals surface area contributed by atoms with E-state index >= 15 is 0 Å². The number of urea groups is 1. The van der Waals surface area contributed by atoms with E-state index < -0.39 is 0 Å². The van der Waals surface area contributed by atoms with Crippen molar-refractivity contribution in [3.63, 3.8) is 0 Å². The first-order chi connectivity index (χ1) is 14.1. The van der Waals surface area contributed by atoms with Crippen LogP contribution in [0.15, 0.2) is 24.3 Å². The van der Waals surface area contributed by atoms with Gasteiger partial charge in [0.05, 0.1) is 0 Å². The molecule has 7 heteroatoms. The molecular formula is C22H32N4O3. The van der Waals surface area contributed by atoms with Crippen molar-refractivity contribution in [1.29, 1.82) is 0 Å². The molecule has 1 aromatic rings. The number of hydrogen-bond donors (Lipinski definition) is 2. The molecule has 3 rings (SSSR count). The Labute approximate surface area is 172 Å². The normalized spacial score (nSPS) is 19.3. The fourth-order valence-electron chi connectivity index (χ4n) is 4.14. The second-order valence-corrected chi connectivity index (χ2v) is 7.84. The maximum absolute atomic E-state index is 12.5. The molecular weight excluding hydrogens is 368 g/mol. The molecule has 0 spiro atoms. The van der Waals surface area contributed by atoms with Gasteiger partial charge in [-0.15, -0.1) is 0 Å². The molecule has 0 radical (unpaired) electrons. The first-order valence-corrected chi connectivity index (χ1v) is 10.8. The Bertz CT molecular complexity index is 737. The van der Waals surface area contributed by atoms with Crippen molar-refractivity contribution >= 4 is 17.8 Å². The molecule has 1 atom stereocenters. The van der Waals surface area contributed by atoms with Crippen molar-refractivity contribution in [2.75, 3.05) is 39.3 Å². The minimum absolute atomic E-state index is 0.0115. The second kappa shape index (κ2) is 10.3. The number of amides is 4. The van der Waals surface area contributed by atoms with Gasteiger partial charge in [-0.2, -0.15) is 0 Å². The van der Waals surface area contributed by atoms with Crippen molar-refractivity contribution in [2.24, 2.45) is 0 Å². The molecule has 1 aromatic carbocycles. The highest BCUT2D eigenvalue weighted by molar-refractivity contribution is 5.94. The summed E-state index contributed by atoms with van der Waals surface area (Å²) >= 11 is 0. The van der Waals surface area contributed by atoms with Crippen LogP contribution >= 0.6 is 0 Å². The van der Waals surface area contributed by atoms with Gasteiger partial charge in [0.25, 0.3) is 5.91 Å². The van der Waals surface area contributed by atoms with Gasteiger partial charge in [-0.05, 0) is 50.3 Å². The number of likely N-dealkylation sites (tertiary alicyclic amines) is 2. The lowest BCUT2D eigenvalue weighted by molar-refractivity contribution is -0.127. The molecule has 0 saturated carbocycles. The van der Waals surface area contributed by atoms with E-state index in [0.29, 0.717) is 38.2 Å². The first kappa shape index (κ1) is 21.1. The third-order valence-electron chi connectivity index (χ3n) is 5.72. The summed E-state index contributed by atoms with van der Waals surface area (Å²) in [5.41, 5.74) is 1.75. The first-order valence-electron chi connectivity index (χ1n) is 10.8. The SMILES string of the molecule is CCNC(=O)N1CCC[C@@H](c2cccc(C(=O)NCCCN3CCCC3=O)c2)C1. The van der Waals surface area contributed by atoms with Crippen LogP contribution in [0.1, 0.15) is 60.9 Å². The monoisotopic (exact) mass is 400 g/mol. The molecule has 2 saturated heterocycles. The third kappa shape index (κ3) is 5.71. The van der Waals surface area contributed by atoms with Crippen LogP contribution in [0.25, 0.3) is 0 Å². The fraction of sp³-hybridized carbons (Fsp3) is 0.591. The van der Waals surface area contributed by atoms with Crippen LogP contribution in [0.3, 0.4) is 0 Å². The van der Waals surface area contributed by atoms with Gasteiger partial charge in [0.1, 0.15) is 0 Å². The van der Waals surface area contributed by atoms with E-state index in [0.717, 1.165) is 44.3 Å². The lowest BCUT2D eigenvalue weighted by atomic mass is 9.89. The van der Waals surface area contributed by atoms with Gasteiger partial charge in [-0.25, -0.2) is 4.79 Å². The van der Waals surface area contributed by atoms with Crippen molar-refractivity contribution in [1.82, 2.24) is 20.4 Å². The summed E-state index contributed by atoms with van der Waals surface area (Å²) in [6.07, 6.45) is 4.34. The number of nitrogens with one attached hydrogen (secondary N) is 2. The summed E-state index contributed by atoms with van der Waals surface area (Å²) in [5, 5.41) is 5.83. The molecule has 0 aromatic heterocycles. The minimum atomic E-state index is -0.0870. The van der Waals surface area contributed by atoms with E-state index in [4.69, 9.17) is 0 Å². The Hall–Kier alpha value is -2.57. The summed E-state index contributed by atoms with van der Waals surface area (Å²) in [6, 6.07) is 7.72. The maximum atomic E-state index is 12.5. The van der Waals surface area contributed by atoms with E-state index in [1.54, 1.807) is 0 Å². The number of hydrogen-bond acceptors (Lipinski definition) is 3. The average molecular weight is 401 g/mol. The van der Waals surface area contributed by atoms with E-state index in [-0.39, 0.29) is 23.8 Å². The number of nitrogens with zero attached hydrogens (tertiary/aromatic N) is 2. The Morgan fingerprint density at radius 3 is 2.79 bits per heavy atom. The van der Waals surface area contributed by atoms with Crippen LogP contribution in [-0.2, 0) is 4.79 Å². The molecule has 0 unspecified atom stereocenters. The number of carbonyl (C=O) groups excluding carboxylic acids is 3. The Balaban J connectivity index is 1.51. The highest BCUT2D eigenvalue weighted by Gasteiger charge is 2.25. The molecule has 158 valence electrons. The molecule has 29 heavy (non-hydrogen) atoms. The van der Waals surface area contributed by atoms with Crippen molar-refractivity contribution in [3.8, 4) is 0 Å². The number of carbonyl (C=O) groups is 3. The maximum Gasteiger partial charge on any atom is 0.317 e. The van der Waals surface area contributed by atoms with Crippen LogP contribution in [-0.4, -0.2) is 66.9 Å². The Morgan fingerprint density at radius 2 is 2.03 bits per heavy atom. The number of rotatable bonds is 7. The molecule has 4 amide bonds. The van der Waals surface area contributed by atoms with Crippen LogP contribution in [0, 0.1) is 0 Å². The van der Waals surface area contributed by atoms with Crippen LogP contribution in [0.4, 0.5) is 4.79 Å². The molecule has 2 N–H and O–H groups in total. The second-order valence-electron chi connectivity index (χ2n) is 7.84. The van der Waals surface area contributed by atoms with E-state index in [2.05, 4.69) is 10.6 Å². The zero-order chi connectivity index (χ0) is 20.6. The van der Waals surface area contributed by atoms with Gasteiger partial charge < -0.3 is 20.4 Å². The van der Waals surface area contributed by atoms with Gasteiger partial charge in [0.15, 0.2) is 0 Å². The number of benzene rings is 1. The molecule has 2 aliphatic rings. The third-order valence-corrected chi connectivity index (χ3v) is 5.72. The standard InChI is InChI=1S/C22H32N4O3/c1-2-23-22(29)26-13-4-9-19(16-26)17-7-3-8-18(15-17)21(28)24-11-6-14-25-12-5-10-20(25)27/h3,7-8,15,19H,2,4-6,9-14,16H2,1H3,(H,23,29)(H,24,28)/t19-/m1/s1. The quantitative estimate of drug-likeness (QED) is 0.690. The van der Waals surface area contributed by atoms with E-state index in [9.17, 15) is 14.4 Å². The average Bonchev–Trinajstić information content (AvgIpc) is 3.16. The van der Waals surface area contributed by atoms with E-state index in [1.807, 2.05) is 41.0 Å². The lowest BCUT2D eigenvalue weighted by Gasteiger charge is -2.33. The summed E-state index contributed by atoms with van der Waals surface area (Å²) in [5.74, 6) is 0.384. The fourth-order valence-corrected chi connectivity index (χ4v) is 4.14. The molecule has 0 aliphatic carbocycles. The van der Waals surface area contributed by atoms with E-state index in [1.165, 1.54) is 0 Å². The van der Waals surface area contributed by atoms with Gasteiger partial charge in [0.2, 0.25) is 5.91 Å². The lowest BCUT2D eigenvalue weighted by Crippen LogP contribution is -2.44. The summed E-state index contributed by atoms with van der Waals surface area (Å²) in [7, 11) is 0. The van der Waals surface area contributed by atoms with Gasteiger partial charge in [-0.1, -0.05) is 12.1 Å². The minimum Gasteiger partial charge on any atom is -0.352 e. The Morgan fingerprint density at radius 1 is 1.17 bits per heavy atom. The molecule has 0 bridgehead atoms. The largest absolute Gasteiger partial charge is 0.352 e. The van der Waals surface area contributed by atoms with Gasteiger partial charge in [0, 0.05) is 57.2 Å². The summed E-state index contributed by atoms with van der Waals surface area (Å²) in [6.45, 7) is 6.11. The molecule has 7 nitrogen and oxygen atoms in total.